The molecule has 1 fully saturated rings. The lowest BCUT2D eigenvalue weighted by atomic mass is 9.87. The molecular weight excluding hydrogens is 516 g/mol. The number of carbonyl (C=O) groups excluding carboxylic acids is 1. The number of fused-ring (bicyclic) bond motifs is 1. The summed E-state index contributed by atoms with van der Waals surface area (Å²) in [6, 6.07) is 10.8. The molecule has 8 nitrogen and oxygen atoms in total. The van der Waals surface area contributed by atoms with Crippen LogP contribution in [0.4, 0.5) is 8.78 Å². The number of halogens is 2. The molecule has 1 atom stereocenters. The molecule has 4 rings (SSSR count). The lowest BCUT2D eigenvalue weighted by Crippen LogP contribution is -2.30. The number of nitrogens with zero attached hydrogens (tertiary/aromatic N) is 2. The fourth-order valence-corrected chi connectivity index (χ4v) is 5.56. The van der Waals surface area contributed by atoms with Crippen LogP contribution in [0, 0.1) is 5.92 Å². The van der Waals surface area contributed by atoms with Crippen LogP contribution in [-0.4, -0.2) is 53.9 Å². The predicted molar refractivity (Wildman–Crippen MR) is 139 cm³/mol. The van der Waals surface area contributed by atoms with Crippen molar-refractivity contribution >= 4 is 26.8 Å². The predicted octanol–water partition coefficient (Wildman–Crippen LogP) is 4.52. The van der Waals surface area contributed by atoms with E-state index in [1.54, 1.807) is 37.3 Å². The van der Waals surface area contributed by atoms with Gasteiger partial charge in [-0.3, -0.25) is 9.36 Å². The number of aromatic nitrogens is 2. The minimum atomic E-state index is -3.35. The summed E-state index contributed by atoms with van der Waals surface area (Å²) in [5.74, 6) is -2.98. The maximum Gasteiger partial charge on any atom is 0.297 e. The fourth-order valence-electron chi connectivity index (χ4n) is 4.67. The second kappa shape index (κ2) is 11.4. The molecule has 0 spiro atoms. The van der Waals surface area contributed by atoms with E-state index in [2.05, 4.69) is 10.3 Å². The van der Waals surface area contributed by atoms with Crippen LogP contribution < -0.4 is 10.1 Å². The number of carbonyl (C=O) groups is 1. The number of aliphatic hydroxyl groups is 1. The molecule has 3 aromatic rings. The number of hydrogen-bond donors (Lipinski definition) is 2. The number of hydrogen-bond acceptors (Lipinski definition) is 6. The molecule has 0 saturated heterocycles. The first-order valence-electron chi connectivity index (χ1n) is 12.8. The average Bonchev–Trinajstić information content (AvgIpc) is 3.27. The Balaban J connectivity index is 1.47. The van der Waals surface area contributed by atoms with E-state index in [9.17, 15) is 27.1 Å². The van der Waals surface area contributed by atoms with Gasteiger partial charge in [0.15, 0.2) is 9.84 Å². The normalized spacial score (nSPS) is 16.9. The molecule has 1 heterocycles. The first-order valence-corrected chi connectivity index (χ1v) is 14.5. The summed E-state index contributed by atoms with van der Waals surface area (Å²) in [4.78, 5) is 17.7. The topological polar surface area (TPSA) is 111 Å². The molecule has 38 heavy (non-hydrogen) atoms. The van der Waals surface area contributed by atoms with Gasteiger partial charge in [-0.05, 0) is 61.6 Å². The van der Waals surface area contributed by atoms with Crippen LogP contribution in [0.1, 0.15) is 61.5 Å². The maximum atomic E-state index is 13.4. The van der Waals surface area contributed by atoms with Crippen molar-refractivity contribution in [3.05, 3.63) is 53.6 Å². The SMILES string of the molecule is CCn1c(OCC2CCC(F)(F)CC2)nc2cc(C(=O)NC(CO)c3ccc(S(=O)(=O)CC)cc3)ccc21. The van der Waals surface area contributed by atoms with Crippen LogP contribution in [0.5, 0.6) is 6.01 Å². The minimum absolute atomic E-state index is 0.0188. The number of aliphatic hydroxyl groups excluding tert-OH is 1. The number of sulfone groups is 1. The van der Waals surface area contributed by atoms with Gasteiger partial charge in [0.2, 0.25) is 5.92 Å². The lowest BCUT2D eigenvalue weighted by Gasteiger charge is -2.27. The van der Waals surface area contributed by atoms with E-state index in [0.717, 1.165) is 5.52 Å². The van der Waals surface area contributed by atoms with Gasteiger partial charge < -0.3 is 15.2 Å². The zero-order valence-electron chi connectivity index (χ0n) is 21.5. The van der Waals surface area contributed by atoms with Crippen molar-refractivity contribution in [1.82, 2.24) is 14.9 Å². The number of amides is 1. The highest BCUT2D eigenvalue weighted by atomic mass is 32.2. The molecule has 11 heteroatoms. The third-order valence-electron chi connectivity index (χ3n) is 7.09. The number of ether oxygens (including phenoxy) is 1. The Morgan fingerprint density at radius 1 is 1.18 bits per heavy atom. The van der Waals surface area contributed by atoms with Gasteiger partial charge in [-0.25, -0.2) is 17.2 Å². The zero-order chi connectivity index (χ0) is 27.5. The summed E-state index contributed by atoms with van der Waals surface area (Å²) in [6.07, 6.45) is 0.570. The van der Waals surface area contributed by atoms with Gasteiger partial charge in [0.25, 0.3) is 11.9 Å². The van der Waals surface area contributed by atoms with Crippen LogP contribution in [0.15, 0.2) is 47.4 Å². The Morgan fingerprint density at radius 2 is 1.87 bits per heavy atom. The van der Waals surface area contributed by atoms with Gasteiger partial charge in [0.1, 0.15) is 0 Å². The van der Waals surface area contributed by atoms with E-state index < -0.39 is 27.7 Å². The van der Waals surface area contributed by atoms with Crippen molar-refractivity contribution in [2.45, 2.75) is 62.9 Å². The summed E-state index contributed by atoms with van der Waals surface area (Å²) in [5.41, 5.74) is 2.24. The molecule has 0 aliphatic heterocycles. The zero-order valence-corrected chi connectivity index (χ0v) is 22.3. The molecule has 1 aliphatic rings. The summed E-state index contributed by atoms with van der Waals surface area (Å²) in [5, 5.41) is 12.7. The van der Waals surface area contributed by atoms with E-state index >= 15 is 0 Å². The molecule has 0 bridgehead atoms. The van der Waals surface area contributed by atoms with Gasteiger partial charge in [-0.1, -0.05) is 19.1 Å². The van der Waals surface area contributed by atoms with Crippen molar-refractivity contribution in [2.75, 3.05) is 19.0 Å². The second-order valence-corrected chi connectivity index (χ2v) is 11.9. The highest BCUT2D eigenvalue weighted by Crippen LogP contribution is 2.36. The van der Waals surface area contributed by atoms with Gasteiger partial charge in [0.05, 0.1) is 40.9 Å². The van der Waals surface area contributed by atoms with Crippen molar-refractivity contribution in [3.63, 3.8) is 0 Å². The van der Waals surface area contributed by atoms with E-state index in [1.165, 1.54) is 12.1 Å². The van der Waals surface area contributed by atoms with Crippen molar-refractivity contribution in [1.29, 1.82) is 0 Å². The third kappa shape index (κ3) is 6.15. The number of benzene rings is 2. The largest absolute Gasteiger partial charge is 0.464 e. The number of aryl methyl sites for hydroxylation is 1. The fraction of sp³-hybridized carbons (Fsp3) is 0.481. The van der Waals surface area contributed by atoms with Gasteiger partial charge >= 0.3 is 0 Å². The first kappa shape index (κ1) is 28.0. The molecule has 206 valence electrons. The summed E-state index contributed by atoms with van der Waals surface area (Å²) < 4.78 is 58.8. The highest BCUT2D eigenvalue weighted by Gasteiger charge is 2.35. The van der Waals surface area contributed by atoms with Crippen molar-refractivity contribution < 1.29 is 31.8 Å². The van der Waals surface area contributed by atoms with Crippen LogP contribution in [0.2, 0.25) is 0 Å². The number of alkyl halides is 2. The Labute approximate surface area is 220 Å². The molecule has 1 unspecified atom stereocenters. The summed E-state index contributed by atoms with van der Waals surface area (Å²) in [7, 11) is -3.35. The Bertz CT molecular complexity index is 1380. The summed E-state index contributed by atoms with van der Waals surface area (Å²) >= 11 is 0. The lowest BCUT2D eigenvalue weighted by molar-refractivity contribution is -0.0502. The van der Waals surface area contributed by atoms with Gasteiger partial charge in [0, 0.05) is 24.9 Å². The molecule has 1 aromatic heterocycles. The Kier molecular flexibility index (Phi) is 8.37. The molecule has 1 saturated carbocycles. The van der Waals surface area contributed by atoms with E-state index in [-0.39, 0.29) is 36.0 Å². The Morgan fingerprint density at radius 3 is 2.47 bits per heavy atom. The molecule has 0 radical (unpaired) electrons. The maximum absolute atomic E-state index is 13.4. The van der Waals surface area contributed by atoms with E-state index in [4.69, 9.17) is 4.74 Å². The number of nitrogens with one attached hydrogen (secondary N) is 1. The van der Waals surface area contributed by atoms with Gasteiger partial charge in [-0.15, -0.1) is 0 Å². The van der Waals surface area contributed by atoms with Crippen LogP contribution >= 0.6 is 0 Å². The van der Waals surface area contributed by atoms with Gasteiger partial charge in [-0.2, -0.15) is 4.98 Å². The standard InChI is InChI=1S/C27H33F2N3O5S/c1-3-32-24-10-7-20(15-22(24)31-26(32)37-17-18-11-13-27(28,29)14-12-18)25(34)30-23(16-33)19-5-8-21(9-6-19)38(35,36)4-2/h5-10,15,18,23,33H,3-4,11-14,16-17H2,1-2H3,(H,30,34). The average molecular weight is 550 g/mol. The quantitative estimate of drug-likeness (QED) is 0.385. The minimum Gasteiger partial charge on any atom is -0.464 e. The van der Waals surface area contributed by atoms with Crippen molar-refractivity contribution in [3.8, 4) is 6.01 Å². The highest BCUT2D eigenvalue weighted by molar-refractivity contribution is 7.91. The monoisotopic (exact) mass is 549 g/mol. The van der Waals surface area contributed by atoms with E-state index in [1.807, 2.05) is 11.5 Å². The smallest absolute Gasteiger partial charge is 0.297 e. The number of imidazole rings is 1. The van der Waals surface area contributed by atoms with Crippen LogP contribution in [-0.2, 0) is 16.4 Å². The molecule has 2 aromatic carbocycles. The van der Waals surface area contributed by atoms with E-state index in [0.29, 0.717) is 48.6 Å². The first-order chi connectivity index (χ1) is 18.1. The second-order valence-electron chi connectivity index (χ2n) is 9.63. The molecule has 1 aliphatic carbocycles. The van der Waals surface area contributed by atoms with Crippen LogP contribution in [0.3, 0.4) is 0 Å². The van der Waals surface area contributed by atoms with Crippen LogP contribution in [0.25, 0.3) is 11.0 Å². The number of rotatable bonds is 10. The van der Waals surface area contributed by atoms with Crippen molar-refractivity contribution in [2.24, 2.45) is 5.92 Å². The summed E-state index contributed by atoms with van der Waals surface area (Å²) in [6.45, 7) is 4.03. The molecular formula is C27H33F2N3O5S. The molecule has 2 N–H and O–H groups in total. The Hall–Kier alpha value is -3.05. The third-order valence-corrected chi connectivity index (χ3v) is 8.84. The molecule has 1 amide bonds.